The van der Waals surface area contributed by atoms with Crippen molar-refractivity contribution in [3.05, 3.63) is 54.6 Å². The van der Waals surface area contributed by atoms with E-state index in [0.29, 0.717) is 5.39 Å². The van der Waals surface area contributed by atoms with Gasteiger partial charge in [-0.15, -0.1) is 0 Å². The van der Waals surface area contributed by atoms with Gasteiger partial charge in [0.1, 0.15) is 4.90 Å². The standard InChI is InChI=1S/C16H10O3S.4Na.4H/c17-20(18,19)14-9-7-12-5-4-10-2-1-3-11-6-8-13(14)16(12)15(10)11;;;;;;;;/h1-9H,(H,17,18,19);;;;;;;;/q;4*+1;4*-1. The van der Waals surface area contributed by atoms with Crippen LogP contribution in [-0.2, 0) is 10.1 Å². The fourth-order valence-corrected chi connectivity index (χ4v) is 3.62. The summed E-state index contributed by atoms with van der Waals surface area (Å²) in [6, 6.07) is 16.8. The van der Waals surface area contributed by atoms with E-state index in [2.05, 4.69) is 0 Å². The van der Waals surface area contributed by atoms with Crippen LogP contribution in [0.4, 0.5) is 0 Å². The molecule has 4 aromatic carbocycles. The second-order valence-corrected chi connectivity index (χ2v) is 6.28. The Morgan fingerprint density at radius 1 is 0.667 bits per heavy atom. The van der Waals surface area contributed by atoms with Gasteiger partial charge >= 0.3 is 118 Å². The van der Waals surface area contributed by atoms with Crippen LogP contribution in [0.15, 0.2) is 59.5 Å². The van der Waals surface area contributed by atoms with Crippen LogP contribution in [0, 0.1) is 0 Å². The average Bonchev–Trinajstić information content (AvgIpc) is 2.43. The predicted molar refractivity (Wildman–Crippen MR) is 84.4 cm³/mol. The SMILES string of the molecule is O=S(=O)(O)c1ccc2ccc3cccc4ccc1c2c34.[H-].[H-].[H-].[H-].[Na+].[Na+].[Na+].[Na+]. The van der Waals surface area contributed by atoms with Gasteiger partial charge in [0.25, 0.3) is 10.1 Å². The van der Waals surface area contributed by atoms with Gasteiger partial charge in [-0.25, -0.2) is 0 Å². The Morgan fingerprint density at radius 3 is 1.67 bits per heavy atom. The van der Waals surface area contributed by atoms with Crippen LogP contribution in [0.2, 0.25) is 0 Å². The third-order valence-corrected chi connectivity index (χ3v) is 4.68. The molecule has 0 radical (unpaired) electrons. The van der Waals surface area contributed by atoms with E-state index in [-0.39, 0.29) is 129 Å². The Morgan fingerprint density at radius 2 is 1.12 bits per heavy atom. The zero-order valence-electron chi connectivity index (χ0n) is 18.4. The molecule has 8 heteroatoms. The van der Waals surface area contributed by atoms with Gasteiger partial charge in [0, 0.05) is 5.39 Å². The maximum atomic E-state index is 11.5. The molecule has 0 amide bonds. The summed E-state index contributed by atoms with van der Waals surface area (Å²) in [5.41, 5.74) is 0. The molecule has 0 aliphatic carbocycles. The zero-order valence-corrected chi connectivity index (χ0v) is 23.2. The first-order chi connectivity index (χ1) is 9.55. The molecule has 0 spiro atoms. The van der Waals surface area contributed by atoms with Crippen molar-refractivity contribution < 1.29 is 137 Å². The van der Waals surface area contributed by atoms with E-state index in [0.717, 1.165) is 26.9 Å². The smallest absolute Gasteiger partial charge is 1.00 e. The Hall–Kier alpha value is 1.83. The summed E-state index contributed by atoms with van der Waals surface area (Å²) >= 11 is 0. The molecule has 0 atom stereocenters. The molecule has 0 saturated carbocycles. The van der Waals surface area contributed by atoms with Gasteiger partial charge in [-0.1, -0.05) is 48.5 Å². The zero-order chi connectivity index (χ0) is 13.9. The first-order valence-corrected chi connectivity index (χ1v) is 7.64. The molecular weight excluding hydrogens is 364 g/mol. The Labute approximate surface area is 235 Å². The fourth-order valence-electron chi connectivity index (χ4n) is 2.93. The van der Waals surface area contributed by atoms with Gasteiger partial charge in [0.2, 0.25) is 0 Å². The maximum absolute atomic E-state index is 11.5. The van der Waals surface area contributed by atoms with Crippen LogP contribution < -0.4 is 118 Å². The largest absolute Gasteiger partial charge is 1.00 e. The Kier molecular flexibility index (Phi) is 10.6. The first-order valence-electron chi connectivity index (χ1n) is 6.20. The molecule has 0 fully saturated rings. The molecule has 0 aromatic heterocycles. The molecule has 4 aromatic rings. The molecule has 106 valence electrons. The minimum Gasteiger partial charge on any atom is -1.00 e. The second-order valence-electron chi connectivity index (χ2n) is 4.89. The average molecular weight is 378 g/mol. The summed E-state index contributed by atoms with van der Waals surface area (Å²) in [5, 5.41) is 5.58. The minimum atomic E-state index is -4.23. The monoisotopic (exact) mass is 378 g/mol. The summed E-state index contributed by atoms with van der Waals surface area (Å²) in [4.78, 5) is -0.0387. The fraction of sp³-hybridized carbons (Fsp3) is 0. The molecule has 24 heavy (non-hydrogen) atoms. The van der Waals surface area contributed by atoms with E-state index in [1.165, 1.54) is 6.07 Å². The van der Waals surface area contributed by atoms with E-state index in [4.69, 9.17) is 0 Å². The number of hydrogen-bond acceptors (Lipinski definition) is 2. The number of rotatable bonds is 1. The van der Waals surface area contributed by atoms with Gasteiger partial charge in [0.15, 0.2) is 0 Å². The molecule has 0 saturated heterocycles. The molecular formula is C16H14Na4O3S. The van der Waals surface area contributed by atoms with Crippen molar-refractivity contribution in [3.8, 4) is 0 Å². The van der Waals surface area contributed by atoms with E-state index < -0.39 is 10.1 Å². The van der Waals surface area contributed by atoms with Crippen LogP contribution in [0.1, 0.15) is 5.71 Å². The number of hydrogen-bond donors (Lipinski definition) is 1. The van der Waals surface area contributed by atoms with Gasteiger partial charge in [0.05, 0.1) is 0 Å². The van der Waals surface area contributed by atoms with Gasteiger partial charge < -0.3 is 5.71 Å². The van der Waals surface area contributed by atoms with E-state index in [1.807, 2.05) is 36.4 Å². The molecule has 0 bridgehead atoms. The summed E-state index contributed by atoms with van der Waals surface area (Å²) in [6.45, 7) is 0. The molecule has 3 nitrogen and oxygen atoms in total. The van der Waals surface area contributed by atoms with Crippen LogP contribution in [-0.4, -0.2) is 13.0 Å². The third kappa shape index (κ3) is 4.45. The summed E-state index contributed by atoms with van der Waals surface area (Å²) in [7, 11) is -4.23. The Bertz CT molecular complexity index is 1080. The van der Waals surface area contributed by atoms with Crippen LogP contribution in [0.3, 0.4) is 0 Å². The summed E-state index contributed by atoms with van der Waals surface area (Å²) in [6.07, 6.45) is 0. The van der Waals surface area contributed by atoms with Crippen molar-refractivity contribution in [2.75, 3.05) is 0 Å². The molecule has 1 N–H and O–H groups in total. The first kappa shape index (κ1) is 25.8. The summed E-state index contributed by atoms with van der Waals surface area (Å²) in [5.74, 6) is 0. The van der Waals surface area contributed by atoms with Crippen LogP contribution in [0.5, 0.6) is 0 Å². The maximum Gasteiger partial charge on any atom is 1.00 e. The molecule has 0 aliphatic rings. The van der Waals surface area contributed by atoms with Gasteiger partial charge in [-0.05, 0) is 33.0 Å². The van der Waals surface area contributed by atoms with Crippen molar-refractivity contribution in [2.45, 2.75) is 4.90 Å². The molecule has 0 aliphatic heterocycles. The van der Waals surface area contributed by atoms with Crippen molar-refractivity contribution in [1.82, 2.24) is 0 Å². The normalized spacial score (nSPS) is 10.5. The van der Waals surface area contributed by atoms with E-state index >= 15 is 0 Å². The number of benzene rings is 4. The molecule has 0 heterocycles. The molecule has 4 rings (SSSR count). The quantitative estimate of drug-likeness (QED) is 0.204. The Balaban J connectivity index is -0.000000220. The van der Waals surface area contributed by atoms with Crippen molar-refractivity contribution >= 4 is 42.4 Å². The van der Waals surface area contributed by atoms with Gasteiger partial charge in [-0.3, -0.25) is 4.55 Å². The minimum absolute atomic E-state index is 0. The predicted octanol–water partition coefficient (Wildman–Crippen LogP) is -7.70. The van der Waals surface area contributed by atoms with E-state index in [9.17, 15) is 13.0 Å². The van der Waals surface area contributed by atoms with E-state index in [1.54, 1.807) is 12.1 Å². The van der Waals surface area contributed by atoms with Crippen molar-refractivity contribution in [3.63, 3.8) is 0 Å². The van der Waals surface area contributed by atoms with Crippen molar-refractivity contribution in [2.24, 2.45) is 0 Å². The van der Waals surface area contributed by atoms with Crippen LogP contribution in [0.25, 0.3) is 32.3 Å². The van der Waals surface area contributed by atoms with Crippen molar-refractivity contribution in [1.29, 1.82) is 0 Å². The second kappa shape index (κ2) is 9.85. The molecule has 0 unspecified atom stereocenters. The third-order valence-electron chi connectivity index (χ3n) is 3.77. The van der Waals surface area contributed by atoms with Gasteiger partial charge in [-0.2, -0.15) is 8.42 Å². The summed E-state index contributed by atoms with van der Waals surface area (Å²) < 4.78 is 32.5. The topological polar surface area (TPSA) is 54.4 Å². The van der Waals surface area contributed by atoms with Crippen LogP contribution >= 0.6 is 0 Å².